The van der Waals surface area contributed by atoms with Crippen molar-refractivity contribution in [1.29, 1.82) is 0 Å². The van der Waals surface area contributed by atoms with Crippen molar-refractivity contribution in [2.24, 2.45) is 11.8 Å². The summed E-state index contributed by atoms with van der Waals surface area (Å²) < 4.78 is 10.8. The molecule has 76 valence electrons. The molecular weight excluding hydrogens is 299 g/mol. The topological polar surface area (TPSA) is 52.6 Å². The summed E-state index contributed by atoms with van der Waals surface area (Å²) in [7, 11) is 1.34. The van der Waals surface area contributed by atoms with E-state index in [0.717, 1.165) is 3.58 Å². The van der Waals surface area contributed by atoms with E-state index in [9.17, 15) is 9.59 Å². The lowest BCUT2D eigenvalue weighted by molar-refractivity contribution is -0.170. The van der Waals surface area contributed by atoms with E-state index in [4.69, 9.17) is 4.74 Å². The summed E-state index contributed by atoms with van der Waals surface area (Å²) in [6.45, 7) is 0. The molecule has 2 bridgehead atoms. The van der Waals surface area contributed by atoms with Crippen LogP contribution >= 0.6 is 22.6 Å². The maximum Gasteiger partial charge on any atom is 0.314 e. The number of carbonyl (C=O) groups excluding carboxylic acids is 2. The second kappa shape index (κ2) is 3.52. The van der Waals surface area contributed by atoms with E-state index in [1.807, 2.05) is 6.08 Å². The summed E-state index contributed by atoms with van der Waals surface area (Å²) in [5.74, 6) is -1.43. The first-order valence-corrected chi connectivity index (χ1v) is 5.37. The summed E-state index contributed by atoms with van der Waals surface area (Å²) in [6, 6.07) is 0. The van der Waals surface area contributed by atoms with Crippen LogP contribution in [0.25, 0.3) is 0 Å². The fourth-order valence-electron chi connectivity index (χ4n) is 1.83. The number of halogens is 1. The van der Waals surface area contributed by atoms with E-state index in [2.05, 4.69) is 27.3 Å². The molecule has 0 aromatic heterocycles. The maximum absolute atomic E-state index is 11.4. The number of fused-ring (bicyclic) bond motifs is 2. The van der Waals surface area contributed by atoms with Gasteiger partial charge in [0.15, 0.2) is 0 Å². The minimum Gasteiger partial charge on any atom is -0.469 e. The molecule has 4 nitrogen and oxygen atoms in total. The third-order valence-electron chi connectivity index (χ3n) is 2.58. The van der Waals surface area contributed by atoms with Gasteiger partial charge in [0.05, 0.1) is 18.9 Å². The highest BCUT2D eigenvalue weighted by molar-refractivity contribution is 14.1. The molecule has 0 unspecified atom stereocenters. The van der Waals surface area contributed by atoms with E-state index in [1.54, 1.807) is 0 Å². The molecule has 3 aliphatic rings. The summed E-state index contributed by atoms with van der Waals surface area (Å²) in [5.41, 5.74) is 0. The SMILES string of the molecule is COC(=O)[C@H]1C[C@@H]2OC(=O)[C@H]1C=C2I. The molecule has 2 aliphatic heterocycles. The van der Waals surface area contributed by atoms with Crippen molar-refractivity contribution in [1.82, 2.24) is 0 Å². The maximum atomic E-state index is 11.4. The van der Waals surface area contributed by atoms with Crippen molar-refractivity contribution in [2.75, 3.05) is 7.11 Å². The lowest BCUT2D eigenvalue weighted by Crippen LogP contribution is -2.45. The molecule has 2 heterocycles. The molecule has 0 amide bonds. The van der Waals surface area contributed by atoms with Gasteiger partial charge in [0, 0.05) is 10.0 Å². The highest BCUT2D eigenvalue weighted by Crippen LogP contribution is 2.40. The van der Waals surface area contributed by atoms with Crippen LogP contribution in [-0.2, 0) is 19.1 Å². The fraction of sp³-hybridized carbons (Fsp3) is 0.556. The van der Waals surface area contributed by atoms with E-state index in [0.29, 0.717) is 6.42 Å². The molecule has 0 N–H and O–H groups in total. The third-order valence-corrected chi connectivity index (χ3v) is 3.64. The average molecular weight is 308 g/mol. The second-order valence-electron chi connectivity index (χ2n) is 3.37. The summed E-state index contributed by atoms with van der Waals surface area (Å²) in [5, 5.41) is 0. The Morgan fingerprint density at radius 3 is 3.00 bits per heavy atom. The molecule has 1 fully saturated rings. The molecule has 0 saturated carbocycles. The number of ether oxygens (including phenoxy) is 2. The number of esters is 2. The van der Waals surface area contributed by atoms with E-state index in [1.165, 1.54) is 7.11 Å². The Kier molecular flexibility index (Phi) is 2.50. The lowest BCUT2D eigenvalue weighted by atomic mass is 9.80. The van der Waals surface area contributed by atoms with Gasteiger partial charge in [-0.25, -0.2) is 0 Å². The quantitative estimate of drug-likeness (QED) is 0.536. The first kappa shape index (κ1) is 9.95. The normalized spacial score (nSPS) is 34.9. The van der Waals surface area contributed by atoms with Crippen molar-refractivity contribution in [3.8, 4) is 0 Å². The Morgan fingerprint density at radius 2 is 2.43 bits per heavy atom. The predicted molar refractivity (Wildman–Crippen MR) is 55.6 cm³/mol. The van der Waals surface area contributed by atoms with Crippen LogP contribution in [0.3, 0.4) is 0 Å². The zero-order valence-corrected chi connectivity index (χ0v) is 9.68. The van der Waals surface area contributed by atoms with Gasteiger partial charge in [0.2, 0.25) is 0 Å². The van der Waals surface area contributed by atoms with Gasteiger partial charge in [0.1, 0.15) is 6.10 Å². The Hall–Kier alpha value is -0.590. The number of rotatable bonds is 1. The van der Waals surface area contributed by atoms with Gasteiger partial charge in [-0.2, -0.15) is 0 Å². The minimum atomic E-state index is -0.445. The fourth-order valence-corrected chi connectivity index (χ4v) is 2.60. The highest BCUT2D eigenvalue weighted by atomic mass is 127. The van der Waals surface area contributed by atoms with Gasteiger partial charge in [-0.1, -0.05) is 6.08 Å². The van der Waals surface area contributed by atoms with E-state index >= 15 is 0 Å². The Balaban J connectivity index is 2.27. The predicted octanol–water partition coefficient (Wildman–Crippen LogP) is 1.04. The van der Waals surface area contributed by atoms with Gasteiger partial charge in [-0.05, 0) is 22.6 Å². The van der Waals surface area contributed by atoms with Crippen molar-refractivity contribution in [3.63, 3.8) is 0 Å². The first-order chi connectivity index (χ1) is 6.63. The zero-order chi connectivity index (χ0) is 10.3. The molecule has 0 aromatic carbocycles. The van der Waals surface area contributed by atoms with Crippen LogP contribution in [0, 0.1) is 11.8 Å². The Morgan fingerprint density at radius 1 is 1.71 bits per heavy atom. The average Bonchev–Trinajstić information content (AvgIpc) is 2.18. The van der Waals surface area contributed by atoms with Crippen LogP contribution in [0.5, 0.6) is 0 Å². The molecular formula is C9H9IO4. The smallest absolute Gasteiger partial charge is 0.314 e. The molecule has 0 radical (unpaired) electrons. The van der Waals surface area contributed by atoms with Gasteiger partial charge in [-0.15, -0.1) is 0 Å². The number of carbonyl (C=O) groups is 2. The lowest BCUT2D eigenvalue weighted by Gasteiger charge is -2.36. The monoisotopic (exact) mass is 308 g/mol. The van der Waals surface area contributed by atoms with Crippen LogP contribution in [0.15, 0.2) is 9.66 Å². The summed E-state index contributed by atoms with van der Waals surface area (Å²) >= 11 is 2.14. The zero-order valence-electron chi connectivity index (χ0n) is 7.53. The molecule has 14 heavy (non-hydrogen) atoms. The number of hydrogen-bond donors (Lipinski definition) is 0. The molecule has 1 saturated heterocycles. The van der Waals surface area contributed by atoms with Crippen molar-refractivity contribution < 1.29 is 19.1 Å². The third kappa shape index (κ3) is 1.43. The second-order valence-corrected chi connectivity index (χ2v) is 4.61. The number of methoxy groups -OCH3 is 1. The van der Waals surface area contributed by atoms with Crippen LogP contribution < -0.4 is 0 Å². The van der Waals surface area contributed by atoms with Crippen molar-refractivity contribution in [3.05, 3.63) is 9.66 Å². The molecule has 3 rings (SSSR count). The summed E-state index contributed by atoms with van der Waals surface area (Å²) in [4.78, 5) is 22.7. The largest absolute Gasteiger partial charge is 0.469 e. The minimum absolute atomic E-state index is 0.239. The van der Waals surface area contributed by atoms with Crippen molar-refractivity contribution in [2.45, 2.75) is 12.5 Å². The van der Waals surface area contributed by atoms with Gasteiger partial charge < -0.3 is 9.47 Å². The summed E-state index contributed by atoms with van der Waals surface area (Å²) in [6.07, 6.45) is 2.12. The van der Waals surface area contributed by atoms with Crippen molar-refractivity contribution >= 4 is 34.5 Å². The molecule has 0 spiro atoms. The first-order valence-electron chi connectivity index (χ1n) is 4.29. The molecule has 5 heteroatoms. The van der Waals surface area contributed by atoms with E-state index < -0.39 is 5.92 Å². The van der Waals surface area contributed by atoms with Gasteiger partial charge in [-0.3, -0.25) is 9.59 Å². The number of hydrogen-bond acceptors (Lipinski definition) is 4. The molecule has 3 atom stereocenters. The molecule has 0 aromatic rings. The Labute approximate surface area is 94.8 Å². The van der Waals surface area contributed by atoms with Crippen LogP contribution in [0.1, 0.15) is 6.42 Å². The van der Waals surface area contributed by atoms with Crippen LogP contribution in [0.2, 0.25) is 0 Å². The van der Waals surface area contributed by atoms with Crippen LogP contribution in [-0.4, -0.2) is 25.2 Å². The van der Waals surface area contributed by atoms with Crippen LogP contribution in [0.4, 0.5) is 0 Å². The van der Waals surface area contributed by atoms with E-state index in [-0.39, 0.29) is 24.0 Å². The molecule has 1 aliphatic carbocycles. The standard InChI is InChI=1S/C9H9IO4/c1-13-8(11)5-3-7-6(10)2-4(5)9(12)14-7/h2,4-5,7H,3H2,1H3/t4-,5-,7-/m0/s1. The van der Waals surface area contributed by atoms with Gasteiger partial charge >= 0.3 is 11.9 Å². The van der Waals surface area contributed by atoms with Gasteiger partial charge in [0.25, 0.3) is 0 Å². The Bertz CT molecular complexity index is 323. The highest BCUT2D eigenvalue weighted by Gasteiger charge is 2.46.